The van der Waals surface area contributed by atoms with Crippen LogP contribution in [-0.4, -0.2) is 43.5 Å². The molecule has 1 aromatic rings. The number of nitro groups is 1. The zero-order valence-corrected chi connectivity index (χ0v) is 11.7. The van der Waals surface area contributed by atoms with Gasteiger partial charge >= 0.3 is 5.82 Å². The summed E-state index contributed by atoms with van der Waals surface area (Å²) in [4.78, 5) is 16.1. The van der Waals surface area contributed by atoms with Gasteiger partial charge < -0.3 is 24.5 Å². The van der Waals surface area contributed by atoms with E-state index >= 15 is 0 Å². The molecule has 0 atom stereocenters. The number of anilines is 1. The van der Waals surface area contributed by atoms with E-state index in [1.54, 1.807) is 26.5 Å². The second-order valence-electron chi connectivity index (χ2n) is 4.80. The average Bonchev–Trinajstić information content (AvgIpc) is 2.49. The maximum absolute atomic E-state index is 10.6. The van der Waals surface area contributed by atoms with Crippen LogP contribution in [0.4, 0.5) is 11.5 Å². The zero-order valence-electron chi connectivity index (χ0n) is 11.7. The van der Waals surface area contributed by atoms with Crippen molar-refractivity contribution in [3.63, 3.8) is 0 Å². The first-order valence-corrected chi connectivity index (χ1v) is 6.56. The van der Waals surface area contributed by atoms with Crippen LogP contribution in [0.25, 0.3) is 0 Å². The number of pyridine rings is 1. The van der Waals surface area contributed by atoms with Crippen LogP contribution in [-0.2, 0) is 9.47 Å². The van der Waals surface area contributed by atoms with Gasteiger partial charge in [0, 0.05) is 39.3 Å². The second-order valence-corrected chi connectivity index (χ2v) is 4.80. The van der Waals surface area contributed by atoms with Crippen molar-refractivity contribution < 1.29 is 14.4 Å². The molecule has 1 saturated heterocycles. The Morgan fingerprint density at radius 1 is 1.35 bits per heavy atom. The molecule has 110 valence electrons. The standard InChI is InChI=1S/C13H19N3O4/c1-19-13(20-2)10-5-7-15(8-6-10)11-3-4-12(14-9-11)16(17)18/h3-4,9-10,13H,5-8H2,1-2H3. The molecule has 1 aliphatic heterocycles. The number of aromatic nitrogens is 1. The average molecular weight is 281 g/mol. The van der Waals surface area contributed by atoms with Gasteiger partial charge in [-0.15, -0.1) is 0 Å². The number of ether oxygens (including phenoxy) is 2. The summed E-state index contributed by atoms with van der Waals surface area (Å²) in [5.41, 5.74) is 0.917. The van der Waals surface area contributed by atoms with Crippen molar-refractivity contribution in [2.75, 3.05) is 32.2 Å². The lowest BCUT2D eigenvalue weighted by molar-refractivity contribution is -0.389. The van der Waals surface area contributed by atoms with Crippen molar-refractivity contribution >= 4 is 11.5 Å². The largest absolute Gasteiger partial charge is 0.368 e. The van der Waals surface area contributed by atoms with Gasteiger partial charge in [-0.3, -0.25) is 0 Å². The fraction of sp³-hybridized carbons (Fsp3) is 0.615. The lowest BCUT2D eigenvalue weighted by Gasteiger charge is -2.35. The molecule has 0 N–H and O–H groups in total. The molecule has 0 aliphatic carbocycles. The predicted molar refractivity (Wildman–Crippen MR) is 73.6 cm³/mol. The molecule has 0 radical (unpaired) electrons. The van der Waals surface area contributed by atoms with Crippen molar-refractivity contribution in [1.82, 2.24) is 4.98 Å². The molecule has 20 heavy (non-hydrogen) atoms. The van der Waals surface area contributed by atoms with E-state index in [0.717, 1.165) is 31.6 Å². The molecular formula is C13H19N3O4. The Morgan fingerprint density at radius 2 is 2.00 bits per heavy atom. The van der Waals surface area contributed by atoms with Crippen molar-refractivity contribution in [2.24, 2.45) is 5.92 Å². The molecule has 0 unspecified atom stereocenters. The number of hydrogen-bond donors (Lipinski definition) is 0. The molecule has 0 saturated carbocycles. The van der Waals surface area contributed by atoms with Crippen LogP contribution in [0.3, 0.4) is 0 Å². The molecule has 2 rings (SSSR count). The van der Waals surface area contributed by atoms with Gasteiger partial charge in [-0.05, 0) is 28.8 Å². The first kappa shape index (κ1) is 14.7. The van der Waals surface area contributed by atoms with E-state index in [1.807, 2.05) is 0 Å². The fourth-order valence-corrected chi connectivity index (χ4v) is 2.58. The molecule has 0 aromatic carbocycles. The van der Waals surface area contributed by atoms with Gasteiger partial charge in [0.2, 0.25) is 0 Å². The topological polar surface area (TPSA) is 77.7 Å². The van der Waals surface area contributed by atoms with Gasteiger partial charge in [0.05, 0.1) is 5.69 Å². The lowest BCUT2D eigenvalue weighted by Crippen LogP contribution is -2.39. The van der Waals surface area contributed by atoms with E-state index in [-0.39, 0.29) is 12.1 Å². The normalized spacial score (nSPS) is 16.6. The summed E-state index contributed by atoms with van der Waals surface area (Å²) < 4.78 is 10.6. The van der Waals surface area contributed by atoms with Crippen molar-refractivity contribution in [3.8, 4) is 0 Å². The Hall–Kier alpha value is -1.73. The van der Waals surface area contributed by atoms with Crippen molar-refractivity contribution in [3.05, 3.63) is 28.4 Å². The summed E-state index contributed by atoms with van der Waals surface area (Å²) in [6.07, 6.45) is 3.32. The highest BCUT2D eigenvalue weighted by molar-refractivity contribution is 5.46. The first-order chi connectivity index (χ1) is 9.65. The van der Waals surface area contributed by atoms with E-state index in [4.69, 9.17) is 9.47 Å². The summed E-state index contributed by atoms with van der Waals surface area (Å²) in [5.74, 6) is 0.259. The highest BCUT2D eigenvalue weighted by Crippen LogP contribution is 2.26. The number of methoxy groups -OCH3 is 2. The zero-order chi connectivity index (χ0) is 14.5. The maximum Gasteiger partial charge on any atom is 0.363 e. The molecule has 0 amide bonds. The minimum Gasteiger partial charge on any atom is -0.368 e. The van der Waals surface area contributed by atoms with Gasteiger partial charge in [-0.25, -0.2) is 0 Å². The van der Waals surface area contributed by atoms with E-state index < -0.39 is 4.92 Å². The van der Waals surface area contributed by atoms with Crippen molar-refractivity contribution in [2.45, 2.75) is 19.1 Å². The third-order valence-corrected chi connectivity index (χ3v) is 3.67. The Kier molecular flexibility index (Phi) is 4.86. The molecule has 1 aliphatic rings. The highest BCUT2D eigenvalue weighted by atomic mass is 16.7. The molecule has 7 nitrogen and oxygen atoms in total. The summed E-state index contributed by atoms with van der Waals surface area (Å²) in [6.45, 7) is 1.74. The van der Waals surface area contributed by atoms with Gasteiger partial charge in [0.25, 0.3) is 0 Å². The third-order valence-electron chi connectivity index (χ3n) is 3.67. The summed E-state index contributed by atoms with van der Waals surface area (Å²) in [6, 6.07) is 3.18. The highest BCUT2D eigenvalue weighted by Gasteiger charge is 2.27. The van der Waals surface area contributed by atoms with E-state index in [2.05, 4.69) is 9.88 Å². The summed E-state index contributed by atoms with van der Waals surface area (Å²) >= 11 is 0. The number of piperidine rings is 1. The molecular weight excluding hydrogens is 262 g/mol. The van der Waals surface area contributed by atoms with Gasteiger partial charge in [0.15, 0.2) is 12.5 Å². The van der Waals surface area contributed by atoms with Crippen LogP contribution in [0.2, 0.25) is 0 Å². The van der Waals surface area contributed by atoms with Gasteiger partial charge in [-0.1, -0.05) is 0 Å². The number of nitrogens with zero attached hydrogens (tertiary/aromatic N) is 3. The summed E-state index contributed by atoms with van der Waals surface area (Å²) in [7, 11) is 3.31. The molecule has 2 heterocycles. The minimum absolute atomic E-state index is 0.123. The van der Waals surface area contributed by atoms with Crippen LogP contribution >= 0.6 is 0 Å². The SMILES string of the molecule is COC(OC)C1CCN(c2ccc([N+](=O)[O-])nc2)CC1. The van der Waals surface area contributed by atoms with Crippen LogP contribution in [0.5, 0.6) is 0 Å². The summed E-state index contributed by atoms with van der Waals surface area (Å²) in [5, 5.41) is 10.6. The van der Waals surface area contributed by atoms with E-state index in [1.165, 1.54) is 6.07 Å². The molecule has 7 heteroatoms. The van der Waals surface area contributed by atoms with Crippen LogP contribution < -0.4 is 4.90 Å². The molecule has 0 bridgehead atoms. The fourth-order valence-electron chi connectivity index (χ4n) is 2.58. The Balaban J connectivity index is 1.95. The van der Waals surface area contributed by atoms with Crippen LogP contribution in [0.1, 0.15) is 12.8 Å². The van der Waals surface area contributed by atoms with Crippen molar-refractivity contribution in [1.29, 1.82) is 0 Å². The Morgan fingerprint density at radius 3 is 2.45 bits per heavy atom. The predicted octanol–water partition coefficient (Wildman–Crippen LogP) is 1.83. The molecule has 0 spiro atoms. The molecule has 1 aromatic heterocycles. The quantitative estimate of drug-likeness (QED) is 0.465. The Labute approximate surface area is 117 Å². The third kappa shape index (κ3) is 3.23. The van der Waals surface area contributed by atoms with E-state index in [9.17, 15) is 10.1 Å². The van der Waals surface area contributed by atoms with Gasteiger partial charge in [-0.2, -0.15) is 0 Å². The number of hydrogen-bond acceptors (Lipinski definition) is 6. The van der Waals surface area contributed by atoms with Crippen LogP contribution in [0.15, 0.2) is 18.3 Å². The monoisotopic (exact) mass is 281 g/mol. The van der Waals surface area contributed by atoms with E-state index in [0.29, 0.717) is 5.92 Å². The van der Waals surface area contributed by atoms with Gasteiger partial charge in [0.1, 0.15) is 0 Å². The minimum atomic E-state index is -0.488. The Bertz CT molecular complexity index is 439. The second kappa shape index (κ2) is 6.62. The lowest BCUT2D eigenvalue weighted by atomic mass is 9.96. The smallest absolute Gasteiger partial charge is 0.363 e. The molecule has 1 fully saturated rings. The number of rotatable bonds is 5. The maximum atomic E-state index is 10.6. The first-order valence-electron chi connectivity index (χ1n) is 6.56. The van der Waals surface area contributed by atoms with Crippen LogP contribution in [0, 0.1) is 16.0 Å².